The maximum absolute atomic E-state index is 9.86. The number of hydrogen-bond acceptors (Lipinski definition) is 6. The normalized spacial score (nSPS) is 10.9. The Kier molecular flexibility index (Phi) is 6.75. The Morgan fingerprint density at radius 1 is 1.06 bits per heavy atom. The average Bonchev–Trinajstić information content (AvgIpc) is 2.82. The molecule has 0 N–H and O–H groups in total. The molecule has 0 aliphatic carbocycles. The molecule has 0 radical (unpaired) electrons. The Bertz CT molecular complexity index is 1390. The number of hydrogen-bond donors (Lipinski definition) is 0. The molecule has 4 aromatic rings. The van der Waals surface area contributed by atoms with E-state index < -0.39 is 0 Å². The molecular formula is C25H21Cl2N3O3. The highest BCUT2D eigenvalue weighted by Crippen LogP contribution is 2.40. The first-order valence-corrected chi connectivity index (χ1v) is 11.1. The van der Waals surface area contributed by atoms with E-state index in [9.17, 15) is 5.26 Å². The molecule has 0 unspecified atom stereocenters. The van der Waals surface area contributed by atoms with Crippen molar-refractivity contribution in [1.82, 2.24) is 4.98 Å². The predicted octanol–water partition coefficient (Wildman–Crippen LogP) is 6.55. The average molecular weight is 482 g/mol. The van der Waals surface area contributed by atoms with E-state index in [2.05, 4.69) is 11.1 Å². The van der Waals surface area contributed by atoms with Crippen LogP contribution >= 0.6 is 23.2 Å². The summed E-state index contributed by atoms with van der Waals surface area (Å²) in [7, 11) is 3.15. The van der Waals surface area contributed by atoms with Crippen LogP contribution in [0.25, 0.3) is 21.7 Å². The van der Waals surface area contributed by atoms with Gasteiger partial charge in [-0.2, -0.15) is 5.26 Å². The fourth-order valence-electron chi connectivity index (χ4n) is 3.81. The van der Waals surface area contributed by atoms with E-state index in [0.717, 1.165) is 27.4 Å². The number of fused-ring (bicyclic) bond motifs is 2. The number of aryl methyl sites for hydroxylation is 1. The van der Waals surface area contributed by atoms with Gasteiger partial charge in [0.1, 0.15) is 12.7 Å². The molecule has 8 heteroatoms. The molecule has 3 aromatic carbocycles. The summed E-state index contributed by atoms with van der Waals surface area (Å²) in [5, 5.41) is 14.7. The van der Waals surface area contributed by atoms with Crippen molar-refractivity contribution in [2.45, 2.75) is 6.92 Å². The van der Waals surface area contributed by atoms with Crippen LogP contribution in [0.15, 0.2) is 48.7 Å². The highest BCUT2D eigenvalue weighted by molar-refractivity contribution is 6.30. The molecule has 0 spiro atoms. The van der Waals surface area contributed by atoms with Gasteiger partial charge in [-0.1, -0.05) is 11.6 Å². The summed E-state index contributed by atoms with van der Waals surface area (Å²) in [6, 6.07) is 15.4. The number of aromatic nitrogens is 1. The maximum Gasteiger partial charge on any atom is 0.161 e. The number of ether oxygens (including phenoxy) is 2. The molecule has 4 rings (SSSR count). The van der Waals surface area contributed by atoms with Crippen LogP contribution in [0.3, 0.4) is 0 Å². The molecule has 0 fully saturated rings. The Morgan fingerprint density at radius 2 is 1.82 bits per heavy atom. The molecule has 33 heavy (non-hydrogen) atoms. The van der Waals surface area contributed by atoms with E-state index in [1.165, 1.54) is 0 Å². The molecule has 0 amide bonds. The summed E-state index contributed by atoms with van der Waals surface area (Å²) >= 11 is 12.0. The van der Waals surface area contributed by atoms with Crippen molar-refractivity contribution < 1.29 is 14.3 Å². The maximum atomic E-state index is 9.86. The lowest BCUT2D eigenvalue weighted by molar-refractivity contribution is 0.202. The smallest absolute Gasteiger partial charge is 0.161 e. The number of anilines is 2. The summed E-state index contributed by atoms with van der Waals surface area (Å²) in [6.45, 7) is 2.29. The van der Waals surface area contributed by atoms with Gasteiger partial charge in [0.2, 0.25) is 0 Å². The van der Waals surface area contributed by atoms with Gasteiger partial charge < -0.3 is 9.47 Å². The molecule has 168 valence electrons. The zero-order chi connectivity index (χ0) is 23.5. The van der Waals surface area contributed by atoms with Gasteiger partial charge in [-0.25, -0.2) is 5.06 Å². The minimum Gasteiger partial charge on any atom is -0.493 e. The van der Waals surface area contributed by atoms with E-state index in [4.69, 9.17) is 37.5 Å². The fourth-order valence-corrected chi connectivity index (χ4v) is 4.11. The van der Waals surface area contributed by atoms with E-state index in [0.29, 0.717) is 45.8 Å². The summed E-state index contributed by atoms with van der Waals surface area (Å²) in [4.78, 5) is 10.3. The minimum absolute atomic E-state index is 0.357. The van der Waals surface area contributed by atoms with Crippen LogP contribution in [-0.4, -0.2) is 31.7 Å². The second-order valence-corrected chi connectivity index (χ2v) is 8.11. The van der Waals surface area contributed by atoms with E-state index in [1.54, 1.807) is 31.5 Å². The third kappa shape index (κ3) is 4.36. The highest BCUT2D eigenvalue weighted by Gasteiger charge is 2.21. The number of alkyl halides is 1. The zero-order valence-electron chi connectivity index (χ0n) is 18.4. The second-order valence-electron chi connectivity index (χ2n) is 7.30. The zero-order valence-corrected chi connectivity index (χ0v) is 19.9. The van der Waals surface area contributed by atoms with E-state index in [-0.39, 0.29) is 0 Å². The van der Waals surface area contributed by atoms with Crippen LogP contribution in [0, 0.1) is 18.3 Å². The van der Waals surface area contributed by atoms with Crippen molar-refractivity contribution in [2.24, 2.45) is 0 Å². The van der Waals surface area contributed by atoms with Gasteiger partial charge in [-0.05, 0) is 65.7 Å². The summed E-state index contributed by atoms with van der Waals surface area (Å²) in [6.07, 6.45) is 1.55. The number of benzene rings is 3. The number of methoxy groups -OCH3 is 1. The summed E-state index contributed by atoms with van der Waals surface area (Å²) in [5.41, 5.74) is 3.36. The first-order chi connectivity index (χ1) is 16.0. The SMILES string of the molecule is COc1cc2cc3ncc(C#N)c(N(OC)c4ccc(Cl)cc4C)c3cc2cc1OCCCl. The third-order valence-corrected chi connectivity index (χ3v) is 5.69. The Labute approximate surface area is 201 Å². The van der Waals surface area contributed by atoms with Crippen LogP contribution < -0.4 is 14.5 Å². The van der Waals surface area contributed by atoms with Crippen LogP contribution in [0.5, 0.6) is 11.5 Å². The van der Waals surface area contributed by atoms with Gasteiger partial charge in [0.15, 0.2) is 11.5 Å². The summed E-state index contributed by atoms with van der Waals surface area (Å²) < 4.78 is 11.3. The van der Waals surface area contributed by atoms with Crippen molar-refractivity contribution in [3.8, 4) is 17.6 Å². The molecule has 0 bridgehead atoms. The lowest BCUT2D eigenvalue weighted by Gasteiger charge is -2.26. The van der Waals surface area contributed by atoms with Gasteiger partial charge >= 0.3 is 0 Å². The predicted molar refractivity (Wildman–Crippen MR) is 132 cm³/mol. The first-order valence-electron chi connectivity index (χ1n) is 10.1. The van der Waals surface area contributed by atoms with Crippen LogP contribution in [0.4, 0.5) is 11.4 Å². The van der Waals surface area contributed by atoms with Crippen LogP contribution in [0.2, 0.25) is 5.02 Å². The van der Waals surface area contributed by atoms with Crippen LogP contribution in [-0.2, 0) is 4.84 Å². The highest BCUT2D eigenvalue weighted by atomic mass is 35.5. The number of nitriles is 1. The molecule has 0 saturated heterocycles. The minimum atomic E-state index is 0.357. The van der Waals surface area contributed by atoms with Gasteiger partial charge in [-0.15, -0.1) is 11.6 Å². The largest absolute Gasteiger partial charge is 0.493 e. The Hall–Kier alpha value is -3.24. The van der Waals surface area contributed by atoms with Crippen molar-refractivity contribution in [3.05, 3.63) is 64.8 Å². The third-order valence-electron chi connectivity index (χ3n) is 5.30. The van der Waals surface area contributed by atoms with Gasteiger partial charge in [0, 0.05) is 16.6 Å². The molecule has 1 heterocycles. The Morgan fingerprint density at radius 3 is 2.48 bits per heavy atom. The van der Waals surface area contributed by atoms with Crippen molar-refractivity contribution in [3.63, 3.8) is 0 Å². The first kappa shape index (κ1) is 22.9. The lowest BCUT2D eigenvalue weighted by atomic mass is 10.0. The van der Waals surface area contributed by atoms with Crippen molar-refractivity contribution >= 4 is 56.3 Å². The van der Waals surface area contributed by atoms with Gasteiger partial charge in [-0.3, -0.25) is 9.82 Å². The topological polar surface area (TPSA) is 67.6 Å². The van der Waals surface area contributed by atoms with Gasteiger partial charge in [0.25, 0.3) is 0 Å². The summed E-state index contributed by atoms with van der Waals surface area (Å²) in [5.74, 6) is 1.56. The van der Waals surface area contributed by atoms with Gasteiger partial charge in [0.05, 0.1) is 42.6 Å². The van der Waals surface area contributed by atoms with Crippen molar-refractivity contribution in [1.29, 1.82) is 5.26 Å². The number of nitrogens with zero attached hydrogens (tertiary/aromatic N) is 3. The van der Waals surface area contributed by atoms with E-state index in [1.807, 2.05) is 43.3 Å². The quantitative estimate of drug-likeness (QED) is 0.169. The van der Waals surface area contributed by atoms with Crippen LogP contribution in [0.1, 0.15) is 11.1 Å². The Balaban J connectivity index is 1.99. The number of rotatable bonds is 7. The molecule has 6 nitrogen and oxygen atoms in total. The standard InChI is InChI=1S/C25H21Cl2N3O3/c1-15-8-19(27)4-5-22(15)30(32-3)25-18(13-28)14-29-21-10-17-11-23(31-2)24(33-7-6-26)12-16(17)9-20(21)25/h4-5,8-12,14H,6-7H2,1-3H3. The molecule has 0 atom stereocenters. The second kappa shape index (κ2) is 9.72. The monoisotopic (exact) mass is 481 g/mol. The molecule has 0 saturated carbocycles. The molecule has 0 aliphatic rings. The molecule has 0 aliphatic heterocycles. The van der Waals surface area contributed by atoms with Crippen molar-refractivity contribution in [2.75, 3.05) is 31.8 Å². The number of pyridine rings is 1. The van der Waals surface area contributed by atoms with E-state index >= 15 is 0 Å². The number of halogens is 2. The lowest BCUT2D eigenvalue weighted by Crippen LogP contribution is -2.18. The fraction of sp³-hybridized carbons (Fsp3) is 0.200. The molecule has 1 aromatic heterocycles. The molecular weight excluding hydrogens is 461 g/mol.